The molecule has 0 saturated carbocycles. The Kier molecular flexibility index (Phi) is 3.88. The number of aromatic nitrogens is 3. The quantitative estimate of drug-likeness (QED) is 0.855. The summed E-state index contributed by atoms with van der Waals surface area (Å²) in [7, 11) is 0. The summed E-state index contributed by atoms with van der Waals surface area (Å²) in [6.45, 7) is 2.66. The molecular formula is C13H17N3O. The van der Waals surface area contributed by atoms with E-state index in [1.165, 1.54) is 5.56 Å². The molecule has 0 saturated heterocycles. The van der Waals surface area contributed by atoms with Crippen molar-refractivity contribution >= 4 is 0 Å². The number of aliphatic hydroxyl groups excluding tert-OH is 1. The number of hydrogen-bond donors (Lipinski definition) is 1. The predicted molar refractivity (Wildman–Crippen MR) is 65.4 cm³/mol. The Bertz CT molecular complexity index is 453. The van der Waals surface area contributed by atoms with Crippen molar-refractivity contribution in [2.45, 2.75) is 32.4 Å². The van der Waals surface area contributed by atoms with Crippen LogP contribution in [0, 0.1) is 0 Å². The van der Waals surface area contributed by atoms with Gasteiger partial charge in [-0.25, -0.2) is 0 Å². The molecular weight excluding hydrogens is 214 g/mol. The van der Waals surface area contributed by atoms with Gasteiger partial charge in [-0.05, 0) is 18.4 Å². The molecule has 0 aliphatic rings. The third-order valence-corrected chi connectivity index (χ3v) is 2.73. The minimum atomic E-state index is -0.500. The van der Waals surface area contributed by atoms with E-state index in [0.29, 0.717) is 12.1 Å². The second kappa shape index (κ2) is 5.59. The third kappa shape index (κ3) is 3.14. The Morgan fingerprint density at radius 1 is 1.29 bits per heavy atom. The van der Waals surface area contributed by atoms with E-state index in [2.05, 4.69) is 22.3 Å². The van der Waals surface area contributed by atoms with E-state index >= 15 is 0 Å². The standard InChI is InChI=1S/C13H17N3O/c1-2-13(17)12-10-14-16(15-12)9-8-11-6-4-3-5-7-11/h3-7,10,13,17H,2,8-9H2,1H3. The van der Waals surface area contributed by atoms with E-state index in [-0.39, 0.29) is 0 Å². The second-order valence-corrected chi connectivity index (χ2v) is 4.02. The molecule has 4 nitrogen and oxygen atoms in total. The summed E-state index contributed by atoms with van der Waals surface area (Å²) in [6, 6.07) is 10.2. The van der Waals surface area contributed by atoms with E-state index in [1.807, 2.05) is 25.1 Å². The van der Waals surface area contributed by atoms with Crippen LogP contribution in [0.1, 0.15) is 30.7 Å². The highest BCUT2D eigenvalue weighted by Gasteiger charge is 2.09. The lowest BCUT2D eigenvalue weighted by molar-refractivity contribution is 0.168. The molecule has 2 rings (SSSR count). The van der Waals surface area contributed by atoms with Gasteiger partial charge in [0.25, 0.3) is 0 Å². The Balaban J connectivity index is 1.94. The summed E-state index contributed by atoms with van der Waals surface area (Å²) in [4.78, 5) is 1.64. The molecule has 90 valence electrons. The fourth-order valence-corrected chi connectivity index (χ4v) is 1.65. The van der Waals surface area contributed by atoms with Crippen LogP contribution in [0.2, 0.25) is 0 Å². The van der Waals surface area contributed by atoms with Gasteiger partial charge in [0.1, 0.15) is 5.69 Å². The zero-order chi connectivity index (χ0) is 12.1. The lowest BCUT2D eigenvalue weighted by Gasteiger charge is -2.02. The van der Waals surface area contributed by atoms with Gasteiger partial charge >= 0.3 is 0 Å². The second-order valence-electron chi connectivity index (χ2n) is 4.02. The van der Waals surface area contributed by atoms with Crippen LogP contribution in [0.25, 0.3) is 0 Å². The molecule has 0 spiro atoms. The molecule has 0 aliphatic carbocycles. The molecule has 1 atom stereocenters. The van der Waals surface area contributed by atoms with Crippen molar-refractivity contribution in [3.05, 3.63) is 47.8 Å². The van der Waals surface area contributed by atoms with Gasteiger partial charge in [-0.1, -0.05) is 37.3 Å². The maximum Gasteiger partial charge on any atom is 0.111 e. The van der Waals surface area contributed by atoms with Crippen LogP contribution in [0.4, 0.5) is 0 Å². The molecule has 0 amide bonds. The van der Waals surface area contributed by atoms with E-state index in [1.54, 1.807) is 11.0 Å². The Labute approximate surface area is 101 Å². The summed E-state index contributed by atoms with van der Waals surface area (Å²) in [5, 5.41) is 18.0. The molecule has 1 heterocycles. The van der Waals surface area contributed by atoms with Crippen molar-refractivity contribution in [1.29, 1.82) is 0 Å². The van der Waals surface area contributed by atoms with Crippen LogP contribution in [0.15, 0.2) is 36.5 Å². The molecule has 4 heteroatoms. The molecule has 0 aliphatic heterocycles. The topological polar surface area (TPSA) is 50.9 Å². The average Bonchev–Trinajstić information content (AvgIpc) is 2.85. The monoisotopic (exact) mass is 231 g/mol. The highest BCUT2D eigenvalue weighted by molar-refractivity contribution is 5.14. The average molecular weight is 231 g/mol. The molecule has 2 aromatic rings. The number of nitrogens with zero attached hydrogens (tertiary/aromatic N) is 3. The van der Waals surface area contributed by atoms with Gasteiger partial charge in [0.15, 0.2) is 0 Å². The maximum absolute atomic E-state index is 9.61. The van der Waals surface area contributed by atoms with E-state index in [0.717, 1.165) is 13.0 Å². The first-order valence-corrected chi connectivity index (χ1v) is 5.91. The van der Waals surface area contributed by atoms with Gasteiger partial charge in [-0.3, -0.25) is 0 Å². The van der Waals surface area contributed by atoms with Gasteiger partial charge in [0, 0.05) is 0 Å². The Morgan fingerprint density at radius 3 is 2.76 bits per heavy atom. The molecule has 0 bridgehead atoms. The molecule has 1 unspecified atom stereocenters. The van der Waals surface area contributed by atoms with Gasteiger partial charge in [-0.2, -0.15) is 15.0 Å². The van der Waals surface area contributed by atoms with Gasteiger partial charge < -0.3 is 5.11 Å². The van der Waals surface area contributed by atoms with Crippen molar-refractivity contribution in [3.63, 3.8) is 0 Å². The molecule has 17 heavy (non-hydrogen) atoms. The first-order chi connectivity index (χ1) is 8.29. The summed E-state index contributed by atoms with van der Waals surface area (Å²) < 4.78 is 0. The largest absolute Gasteiger partial charge is 0.387 e. The van der Waals surface area contributed by atoms with Crippen molar-refractivity contribution < 1.29 is 5.11 Å². The van der Waals surface area contributed by atoms with Crippen LogP contribution < -0.4 is 0 Å². The maximum atomic E-state index is 9.61. The fourth-order valence-electron chi connectivity index (χ4n) is 1.65. The van der Waals surface area contributed by atoms with Crippen molar-refractivity contribution in [2.24, 2.45) is 0 Å². The molecule has 0 fully saturated rings. The summed E-state index contributed by atoms with van der Waals surface area (Å²) in [6.07, 6.45) is 2.70. The molecule has 1 aromatic heterocycles. The summed E-state index contributed by atoms with van der Waals surface area (Å²) in [5.41, 5.74) is 1.92. The summed E-state index contributed by atoms with van der Waals surface area (Å²) >= 11 is 0. The summed E-state index contributed by atoms with van der Waals surface area (Å²) in [5.74, 6) is 0. The minimum absolute atomic E-state index is 0.500. The van der Waals surface area contributed by atoms with E-state index < -0.39 is 6.10 Å². The lowest BCUT2D eigenvalue weighted by Crippen LogP contribution is -2.06. The van der Waals surface area contributed by atoms with Gasteiger partial charge in [0.05, 0.1) is 18.8 Å². The van der Waals surface area contributed by atoms with Crippen LogP contribution in [-0.2, 0) is 13.0 Å². The van der Waals surface area contributed by atoms with Crippen LogP contribution in [0.5, 0.6) is 0 Å². The zero-order valence-electron chi connectivity index (χ0n) is 9.95. The smallest absolute Gasteiger partial charge is 0.111 e. The molecule has 1 N–H and O–H groups in total. The van der Waals surface area contributed by atoms with Crippen LogP contribution in [-0.4, -0.2) is 20.1 Å². The number of hydrogen-bond acceptors (Lipinski definition) is 3. The van der Waals surface area contributed by atoms with Crippen LogP contribution in [0.3, 0.4) is 0 Å². The Hall–Kier alpha value is -1.68. The first-order valence-electron chi connectivity index (χ1n) is 5.91. The zero-order valence-corrected chi connectivity index (χ0v) is 9.95. The molecule has 1 aromatic carbocycles. The third-order valence-electron chi connectivity index (χ3n) is 2.73. The van der Waals surface area contributed by atoms with Crippen LogP contribution >= 0.6 is 0 Å². The van der Waals surface area contributed by atoms with Crippen molar-refractivity contribution in [3.8, 4) is 0 Å². The number of aliphatic hydroxyl groups is 1. The number of rotatable bonds is 5. The Morgan fingerprint density at radius 2 is 2.06 bits per heavy atom. The van der Waals surface area contributed by atoms with E-state index in [9.17, 15) is 5.11 Å². The predicted octanol–water partition coefficient (Wildman–Crippen LogP) is 1.96. The highest BCUT2D eigenvalue weighted by atomic mass is 16.3. The van der Waals surface area contributed by atoms with E-state index in [4.69, 9.17) is 0 Å². The van der Waals surface area contributed by atoms with Gasteiger partial charge in [-0.15, -0.1) is 0 Å². The number of benzene rings is 1. The first kappa shape index (κ1) is 11.8. The lowest BCUT2D eigenvalue weighted by atomic mass is 10.2. The SMILES string of the molecule is CCC(O)c1cnn(CCc2ccccc2)n1. The molecule has 0 radical (unpaired) electrons. The van der Waals surface area contributed by atoms with Gasteiger partial charge in [0.2, 0.25) is 0 Å². The number of aryl methyl sites for hydroxylation is 2. The normalized spacial score (nSPS) is 12.6. The fraction of sp³-hybridized carbons (Fsp3) is 0.385. The van der Waals surface area contributed by atoms with Crippen molar-refractivity contribution in [2.75, 3.05) is 0 Å². The minimum Gasteiger partial charge on any atom is -0.387 e. The highest BCUT2D eigenvalue weighted by Crippen LogP contribution is 2.11. The van der Waals surface area contributed by atoms with Crippen molar-refractivity contribution in [1.82, 2.24) is 15.0 Å².